The van der Waals surface area contributed by atoms with Gasteiger partial charge in [0.15, 0.2) is 51.8 Å². The molecule has 0 aliphatic heterocycles. The molecule has 684 valence electrons. The number of ketones is 1. The molecule has 0 bridgehead atoms. The van der Waals surface area contributed by atoms with Gasteiger partial charge in [-0.15, -0.1) is 0 Å². The van der Waals surface area contributed by atoms with Crippen LogP contribution in [0.4, 0.5) is 28.4 Å². The van der Waals surface area contributed by atoms with E-state index in [1.807, 2.05) is 36.4 Å². The lowest BCUT2D eigenvalue weighted by atomic mass is 9.98. The molecular weight excluding hydrogens is 1610 g/mol. The van der Waals surface area contributed by atoms with Crippen molar-refractivity contribution in [2.75, 3.05) is 128 Å². The van der Waals surface area contributed by atoms with Crippen LogP contribution in [0.15, 0.2) is 218 Å². The molecule has 0 saturated carbocycles. The van der Waals surface area contributed by atoms with Crippen molar-refractivity contribution in [3.05, 3.63) is 274 Å². The Kier molecular flexibility index (Phi) is 58.0. The minimum Gasteiger partial charge on any atom is -0.508 e. The predicted molar refractivity (Wildman–Crippen MR) is 487 cm³/mol. The number of nitrogens with zero attached hydrogens (tertiary/aromatic N) is 2. The maximum Gasteiger partial charge on any atom is 0.338 e. The summed E-state index contributed by atoms with van der Waals surface area (Å²) in [7, 11) is 1.45. The molecule has 0 aromatic heterocycles. The number of esters is 1. The van der Waals surface area contributed by atoms with E-state index in [-0.39, 0.29) is 103 Å². The Labute approximate surface area is 729 Å². The van der Waals surface area contributed by atoms with Crippen molar-refractivity contribution in [2.24, 2.45) is 28.7 Å². The number of aliphatic hydroxyl groups excluding tert-OH is 6. The minimum atomic E-state index is -1.10. The van der Waals surface area contributed by atoms with Crippen molar-refractivity contribution in [3.63, 3.8) is 0 Å². The smallest absolute Gasteiger partial charge is 0.338 e. The molecule has 34 nitrogen and oxygen atoms in total. The van der Waals surface area contributed by atoms with Crippen molar-refractivity contribution < 1.29 is 110 Å². The van der Waals surface area contributed by atoms with E-state index in [1.165, 1.54) is 103 Å². The zero-order valence-electron chi connectivity index (χ0n) is 71.4. The Morgan fingerprint density at radius 3 is 1.18 bits per heavy atom. The maximum atomic E-state index is 12.0. The van der Waals surface area contributed by atoms with Gasteiger partial charge in [0.1, 0.15) is 11.8 Å². The number of methoxy groups -OCH3 is 1. The highest BCUT2D eigenvalue weighted by Crippen LogP contribution is 2.30. The molecule has 4 atom stereocenters. The number of aromatic carboxylic acids is 1. The highest BCUT2D eigenvalue weighted by molar-refractivity contribution is 5.90. The third-order valence-corrected chi connectivity index (χ3v) is 17.1. The van der Waals surface area contributed by atoms with Crippen molar-refractivity contribution in [2.45, 2.75) is 78.2 Å². The van der Waals surface area contributed by atoms with Crippen LogP contribution in [0.3, 0.4) is 0 Å². The molecule has 0 amide bonds. The number of aliphatic hydroxyl groups is 6. The molecule has 0 radical (unpaired) electrons. The van der Waals surface area contributed by atoms with Gasteiger partial charge in [0.2, 0.25) is 0 Å². The number of anilines is 5. The largest absolute Gasteiger partial charge is 0.508 e. The average molecular weight is 1740 g/mol. The number of carboxylic acid groups (broad SMARTS) is 2. The summed E-state index contributed by atoms with van der Waals surface area (Å²) in [5, 5.41) is 142. The number of benzene rings is 10. The summed E-state index contributed by atoms with van der Waals surface area (Å²) in [4.78, 5) is 47.7. The summed E-state index contributed by atoms with van der Waals surface area (Å²) < 4.78 is 9.67. The van der Waals surface area contributed by atoms with E-state index >= 15 is 0 Å². The second-order valence-corrected chi connectivity index (χ2v) is 26.8. The lowest BCUT2D eigenvalue weighted by Crippen LogP contribution is -2.32. The number of phenols is 8. The summed E-state index contributed by atoms with van der Waals surface area (Å²) in [5.41, 5.74) is 64.5. The van der Waals surface area contributed by atoms with Crippen LogP contribution in [0.2, 0.25) is 0 Å². The molecule has 10 aromatic rings. The lowest BCUT2D eigenvalue weighted by Gasteiger charge is -2.17. The van der Waals surface area contributed by atoms with Crippen LogP contribution in [0.5, 0.6) is 51.7 Å². The van der Waals surface area contributed by atoms with Gasteiger partial charge in [0, 0.05) is 74.1 Å². The van der Waals surface area contributed by atoms with E-state index in [4.69, 9.17) is 128 Å². The average Bonchev–Trinajstić information content (AvgIpc) is 0.866. The molecule has 0 spiro atoms. The monoisotopic (exact) mass is 1740 g/mol. The number of aryl methyl sites for hydroxylation is 2. The summed E-state index contributed by atoms with van der Waals surface area (Å²) in [6.07, 6.45) is -0.743. The standard InChI is InChI=1S/C15H23NO.C9H11NO4.C9H13NO3.C9H11NO2.C8H11NO3.2C8H11NO2.C7H7NO2.C6H8N2.C6H15NO3.C6H7N/c1-5-16(6-2)11-14(17)10-15-12(3)8-7-9-13(15)4;10-6(9(13)14)3-5-1-2-7(11)8(12)4-5;1-13-9-4-6(8(12)5-10)2-3-7(9)11;1-2-12-9(11)7-3-5-8(10)6-4-7;9-4-8(12)5-1-2-6(10)7(11)3-5;9-5-8(11)6-1-3-7(10)4-2-6;9-4-3-6-1-2-7(10)8(11)5-6;8-6-3-1-5(2-4-6)7(9)10;7-5-1-2-6(8)4-3-5;8-4-1-7(2-5-9)3-6-10;7-6-4-2-1-3-5-6/h7-9H,5-6,10-11H2,1-4H3;1-2,4,6,11-12H,3,10H2,(H,13,14);2-4,8,11-12H,5,10H2,1H3;3-6H,2,10H2,1H3;1-3,8,10-12H,4,9H2;1-4,8,10-11H,5,9H2;1-2,5,10-11H,3-4,9H2;1-4H,8H2,(H,9,10);1-4H,7-8H2;8-10H,1-6H2;1-5H,7H2/t;6-;;;8-;;;;;;/m.0..0....../s1. The van der Waals surface area contributed by atoms with Crippen LogP contribution in [0.25, 0.3) is 0 Å². The number of carbonyl (C=O) groups is 4. The number of likely N-dealkylation sites (N-methyl/N-ethyl adjacent to an activating group) is 1. The molecule has 0 heterocycles. The highest BCUT2D eigenvalue weighted by Gasteiger charge is 2.16. The topological polar surface area (TPSA) is 677 Å². The van der Waals surface area contributed by atoms with Crippen LogP contribution in [-0.4, -0.2) is 220 Å². The fraction of sp³-hybridized carbons (Fsp3) is 0.297. The van der Waals surface area contributed by atoms with Gasteiger partial charge in [-0.2, -0.15) is 0 Å². The maximum absolute atomic E-state index is 12.0. The van der Waals surface area contributed by atoms with Gasteiger partial charge >= 0.3 is 17.9 Å². The Morgan fingerprint density at radius 2 is 0.808 bits per heavy atom. The summed E-state index contributed by atoms with van der Waals surface area (Å²) in [6.45, 7) is 15.7. The molecule has 10 aromatic carbocycles. The van der Waals surface area contributed by atoms with Gasteiger partial charge in [-0.3, -0.25) is 19.4 Å². The number of phenolic OH excluding ortho intramolecular Hbond substituents is 8. The van der Waals surface area contributed by atoms with Crippen LogP contribution < -0.4 is 62.1 Å². The first-order valence-corrected chi connectivity index (χ1v) is 39.3. The number of rotatable bonds is 27. The van der Waals surface area contributed by atoms with E-state index in [1.54, 1.807) is 103 Å². The number of para-hydroxylation sites is 1. The Hall–Kier alpha value is -13.0. The number of aliphatic carboxylic acids is 1. The highest BCUT2D eigenvalue weighted by atomic mass is 16.5. The fourth-order valence-electron chi connectivity index (χ4n) is 9.93. The first-order chi connectivity index (χ1) is 59.3. The molecule has 0 aliphatic carbocycles. The van der Waals surface area contributed by atoms with Gasteiger partial charge < -0.3 is 149 Å². The molecule has 0 fully saturated rings. The van der Waals surface area contributed by atoms with Crippen LogP contribution in [0.1, 0.15) is 104 Å². The van der Waals surface area contributed by atoms with Gasteiger partial charge in [0.25, 0.3) is 0 Å². The molecule has 36 N–H and O–H groups in total. The fourth-order valence-corrected chi connectivity index (χ4v) is 9.93. The SMILES string of the molecule is CCN(CC)CC(=O)Cc1c(C)cccc1C.CCOC(=O)c1ccc(N)cc1.COc1cc(C(O)CN)ccc1O.NCC(O)c1ccc(O)cc1.NCCc1ccc(O)c(O)c1.NC[C@H](O)c1ccc(O)c(O)c1.N[C@@H](Cc1ccc(O)c(O)c1)C(=O)O.Nc1ccc(C(=O)O)cc1.Nc1ccc(N)cc1.Nc1ccccc1.OCCN(CCO)CCO. The third kappa shape index (κ3) is 49.0. The van der Waals surface area contributed by atoms with E-state index < -0.39 is 36.3 Å². The first-order valence-electron chi connectivity index (χ1n) is 39.3. The third-order valence-electron chi connectivity index (χ3n) is 17.1. The molecule has 0 aliphatic rings. The van der Waals surface area contributed by atoms with Gasteiger partial charge in [0.05, 0.1) is 69.5 Å². The van der Waals surface area contributed by atoms with Crippen molar-refractivity contribution in [1.29, 1.82) is 0 Å². The summed E-state index contributed by atoms with van der Waals surface area (Å²) in [5.74, 6) is -2.60. The number of hydrogen-bond acceptors (Lipinski definition) is 32. The van der Waals surface area contributed by atoms with E-state index in [0.717, 1.165) is 41.3 Å². The summed E-state index contributed by atoms with van der Waals surface area (Å²) >= 11 is 0. The zero-order chi connectivity index (χ0) is 94.5. The molecular formula is C91H128N12O22. The van der Waals surface area contributed by atoms with Gasteiger partial charge in [-0.25, -0.2) is 9.59 Å². The van der Waals surface area contributed by atoms with E-state index in [9.17, 15) is 39.6 Å². The van der Waals surface area contributed by atoms with Crippen LogP contribution >= 0.6 is 0 Å². The van der Waals surface area contributed by atoms with Crippen molar-refractivity contribution >= 4 is 52.1 Å². The van der Waals surface area contributed by atoms with Crippen molar-refractivity contribution in [3.8, 4) is 51.7 Å². The summed E-state index contributed by atoms with van der Waals surface area (Å²) in [6, 6.07) is 58.3. The Balaban J connectivity index is 0.00000136. The molecule has 2 unspecified atom stereocenters. The predicted octanol–water partition coefficient (Wildman–Crippen LogP) is 7.07. The van der Waals surface area contributed by atoms with Gasteiger partial charge in [-0.1, -0.05) is 86.6 Å². The number of ether oxygens (including phenoxy) is 2. The quantitative estimate of drug-likeness (QED) is 0.0139. The number of nitrogens with two attached hydrogens (primary N) is 10. The lowest BCUT2D eigenvalue weighted by molar-refractivity contribution is -0.138. The minimum absolute atomic E-state index is 0.0514. The molecule has 0 saturated heterocycles. The number of hydrogen-bond donors (Lipinski definition) is 26. The van der Waals surface area contributed by atoms with Gasteiger partial charge in [-0.05, 0) is 243 Å². The molecule has 125 heavy (non-hydrogen) atoms. The molecule has 34 heteroatoms. The number of carboxylic acids is 2. The second kappa shape index (κ2) is 64.7. The molecule has 10 rings (SSSR count). The van der Waals surface area contributed by atoms with Crippen molar-refractivity contribution in [1.82, 2.24) is 9.80 Å². The Morgan fingerprint density at radius 1 is 0.424 bits per heavy atom. The second-order valence-electron chi connectivity index (χ2n) is 26.8. The number of nitrogen functional groups attached to an aromatic ring is 5. The van der Waals surface area contributed by atoms with Crippen LogP contribution in [-0.2, 0) is 33.6 Å². The Bertz CT molecular complexity index is 4560. The van der Waals surface area contributed by atoms with E-state index in [0.29, 0.717) is 97.3 Å². The number of Topliss-reactive ketones (excluding diaryl/α,β-unsaturated/α-hetero) is 1. The van der Waals surface area contributed by atoms with E-state index in [2.05, 4.69) is 44.7 Å². The number of carbonyl (C=O) groups excluding carboxylic acids is 2. The van der Waals surface area contributed by atoms with Crippen LogP contribution in [0, 0.1) is 13.8 Å². The zero-order valence-corrected chi connectivity index (χ0v) is 71.4. The number of aromatic hydroxyl groups is 8. The first kappa shape index (κ1) is 112. The normalized spacial score (nSPS) is 11.0.